The maximum absolute atomic E-state index is 12.5. The number of anilines is 1. The molecule has 0 fully saturated rings. The molecule has 0 aliphatic carbocycles. The molecule has 0 aliphatic heterocycles. The Balaban J connectivity index is 1.42. The monoisotopic (exact) mass is 463 g/mol. The predicted molar refractivity (Wildman–Crippen MR) is 129 cm³/mol. The number of fused-ring (bicyclic) bond motifs is 1. The highest BCUT2D eigenvalue weighted by atomic mass is 32.2. The van der Waals surface area contributed by atoms with Crippen LogP contribution >= 0.6 is 23.1 Å². The molecule has 2 aromatic carbocycles. The lowest BCUT2D eigenvalue weighted by atomic mass is 10.1. The topological polar surface area (TPSA) is 81.2 Å². The van der Waals surface area contributed by atoms with Crippen molar-refractivity contribution in [1.29, 1.82) is 0 Å². The van der Waals surface area contributed by atoms with Crippen molar-refractivity contribution in [2.75, 3.05) is 17.7 Å². The summed E-state index contributed by atoms with van der Waals surface area (Å²) in [5.74, 6) is -0.311. The quantitative estimate of drug-likeness (QED) is 0.206. The van der Waals surface area contributed by atoms with Crippen LogP contribution < -0.4 is 5.32 Å². The Bertz CT molecular complexity index is 1220. The first kappa shape index (κ1) is 22.0. The van der Waals surface area contributed by atoms with Gasteiger partial charge in [-0.05, 0) is 36.2 Å². The molecule has 4 aromatic rings. The molecular weight excluding hydrogens is 442 g/mol. The Morgan fingerprint density at radius 2 is 1.84 bits per heavy atom. The molecule has 0 atom stereocenters. The molecule has 0 radical (unpaired) electrons. The first-order valence-electron chi connectivity index (χ1n) is 10.1. The molecule has 0 unspecified atom stereocenters. The van der Waals surface area contributed by atoms with Crippen molar-refractivity contribution < 1.29 is 14.3 Å². The van der Waals surface area contributed by atoms with Gasteiger partial charge in [-0.3, -0.25) is 4.79 Å². The molecule has 0 bridgehead atoms. The van der Waals surface area contributed by atoms with E-state index in [0.29, 0.717) is 17.9 Å². The molecule has 1 N–H and O–H groups in total. The summed E-state index contributed by atoms with van der Waals surface area (Å²) in [5, 5.41) is 6.68. The number of nitrogens with zero attached hydrogens (tertiary/aromatic N) is 2. The van der Waals surface area contributed by atoms with Gasteiger partial charge in [0.25, 0.3) is 0 Å². The van der Waals surface area contributed by atoms with E-state index in [0.717, 1.165) is 32.8 Å². The zero-order valence-corrected chi connectivity index (χ0v) is 19.0. The molecule has 2 aromatic heterocycles. The molecule has 0 aliphatic rings. The van der Waals surface area contributed by atoms with Gasteiger partial charge in [-0.15, -0.1) is 11.3 Å². The van der Waals surface area contributed by atoms with E-state index in [1.807, 2.05) is 25.1 Å². The van der Waals surface area contributed by atoms with E-state index in [1.54, 1.807) is 35.6 Å². The number of thiophene rings is 1. The third-order valence-electron chi connectivity index (χ3n) is 4.60. The van der Waals surface area contributed by atoms with Gasteiger partial charge in [0.2, 0.25) is 5.91 Å². The van der Waals surface area contributed by atoms with E-state index < -0.39 is 0 Å². The van der Waals surface area contributed by atoms with E-state index in [-0.39, 0.29) is 17.6 Å². The Morgan fingerprint density at radius 1 is 1.06 bits per heavy atom. The van der Waals surface area contributed by atoms with Crippen molar-refractivity contribution in [3.05, 3.63) is 71.9 Å². The molecule has 4 rings (SSSR count). The molecule has 2 heterocycles. The number of amides is 1. The van der Waals surface area contributed by atoms with Crippen molar-refractivity contribution in [2.24, 2.45) is 0 Å². The van der Waals surface area contributed by atoms with Crippen LogP contribution in [0.15, 0.2) is 71.3 Å². The highest BCUT2D eigenvalue weighted by Gasteiger charge is 2.15. The van der Waals surface area contributed by atoms with Crippen molar-refractivity contribution >= 4 is 50.9 Å². The maximum Gasteiger partial charge on any atom is 0.338 e. The largest absolute Gasteiger partial charge is 0.462 e. The summed E-state index contributed by atoms with van der Waals surface area (Å²) in [5.41, 5.74) is 3.24. The van der Waals surface area contributed by atoms with Crippen molar-refractivity contribution in [3.63, 3.8) is 0 Å². The van der Waals surface area contributed by atoms with Crippen molar-refractivity contribution in [3.8, 4) is 11.1 Å². The van der Waals surface area contributed by atoms with Gasteiger partial charge in [0.1, 0.15) is 16.2 Å². The molecule has 0 spiro atoms. The minimum absolute atomic E-state index is 0.153. The van der Waals surface area contributed by atoms with Crippen LogP contribution in [0.4, 0.5) is 5.69 Å². The number of esters is 1. The van der Waals surface area contributed by atoms with Gasteiger partial charge in [0, 0.05) is 16.6 Å². The second kappa shape index (κ2) is 10.4. The summed E-state index contributed by atoms with van der Waals surface area (Å²) in [6, 6.07) is 16.8. The maximum atomic E-state index is 12.5. The fourth-order valence-electron chi connectivity index (χ4n) is 3.09. The van der Waals surface area contributed by atoms with E-state index in [2.05, 4.69) is 32.8 Å². The lowest BCUT2D eigenvalue weighted by Crippen LogP contribution is -2.14. The number of rotatable bonds is 8. The van der Waals surface area contributed by atoms with Crippen molar-refractivity contribution in [1.82, 2.24) is 9.97 Å². The van der Waals surface area contributed by atoms with Gasteiger partial charge in [0.15, 0.2) is 0 Å². The second-order valence-corrected chi connectivity index (χ2v) is 8.75. The number of thioether (sulfide) groups is 1. The summed E-state index contributed by atoms with van der Waals surface area (Å²) in [4.78, 5) is 34.1. The standard InChI is InChI=1S/C24H21N3O3S2/c1-2-12-30-24(29)17-8-10-18(11-9-17)27-20(28)14-32-23-21-19(16-6-4-3-5-7-16)13-31-22(21)25-15-26-23/h3-11,13,15H,2,12,14H2,1H3,(H,27,28). The van der Waals surface area contributed by atoms with E-state index in [4.69, 9.17) is 4.74 Å². The molecule has 162 valence electrons. The first-order valence-corrected chi connectivity index (χ1v) is 12.0. The number of carbonyl (C=O) groups is 2. The van der Waals surface area contributed by atoms with Crippen LogP contribution in [0.25, 0.3) is 21.3 Å². The highest BCUT2D eigenvalue weighted by Crippen LogP contribution is 2.37. The Morgan fingerprint density at radius 3 is 2.59 bits per heavy atom. The Kier molecular flexibility index (Phi) is 7.14. The number of hydrogen-bond donors (Lipinski definition) is 1. The average Bonchev–Trinajstić information content (AvgIpc) is 3.27. The first-order chi connectivity index (χ1) is 15.7. The van der Waals surface area contributed by atoms with Gasteiger partial charge in [-0.1, -0.05) is 49.0 Å². The average molecular weight is 464 g/mol. The fraction of sp³-hybridized carbons (Fsp3) is 0.167. The van der Waals surface area contributed by atoms with Crippen LogP contribution in [-0.2, 0) is 9.53 Å². The van der Waals surface area contributed by atoms with E-state index in [1.165, 1.54) is 18.1 Å². The fourth-order valence-corrected chi connectivity index (χ4v) is 4.88. The normalized spacial score (nSPS) is 10.8. The number of ether oxygens (including phenoxy) is 1. The van der Waals surface area contributed by atoms with Crippen LogP contribution in [0.3, 0.4) is 0 Å². The van der Waals surface area contributed by atoms with E-state index in [9.17, 15) is 9.59 Å². The van der Waals surface area contributed by atoms with Crippen molar-refractivity contribution in [2.45, 2.75) is 18.4 Å². The molecule has 6 nitrogen and oxygen atoms in total. The predicted octanol–water partition coefficient (Wildman–Crippen LogP) is 5.66. The molecule has 8 heteroatoms. The van der Waals surface area contributed by atoms with Crippen LogP contribution in [0, 0.1) is 0 Å². The van der Waals surface area contributed by atoms with Gasteiger partial charge in [-0.2, -0.15) is 0 Å². The number of nitrogens with one attached hydrogen (secondary N) is 1. The summed E-state index contributed by atoms with van der Waals surface area (Å²) < 4.78 is 5.11. The lowest BCUT2D eigenvalue weighted by molar-refractivity contribution is -0.113. The Labute approximate surface area is 194 Å². The Hall–Kier alpha value is -3.23. The van der Waals surface area contributed by atoms with Gasteiger partial charge < -0.3 is 10.1 Å². The summed E-state index contributed by atoms with van der Waals surface area (Å²) in [7, 11) is 0. The third-order valence-corrected chi connectivity index (χ3v) is 6.48. The van der Waals surface area contributed by atoms with Gasteiger partial charge in [0.05, 0.1) is 23.3 Å². The summed E-state index contributed by atoms with van der Waals surface area (Å²) in [6.45, 7) is 2.33. The molecular formula is C24H21N3O3S2. The van der Waals surface area contributed by atoms with Crippen LogP contribution in [0.5, 0.6) is 0 Å². The van der Waals surface area contributed by atoms with Crippen LogP contribution in [-0.4, -0.2) is 34.2 Å². The number of carbonyl (C=O) groups excluding carboxylic acids is 2. The molecule has 32 heavy (non-hydrogen) atoms. The molecule has 1 amide bonds. The molecule has 0 saturated carbocycles. The summed E-state index contributed by atoms with van der Waals surface area (Å²) in [6.07, 6.45) is 2.30. The van der Waals surface area contributed by atoms with Crippen LogP contribution in [0.1, 0.15) is 23.7 Å². The number of hydrogen-bond acceptors (Lipinski definition) is 7. The lowest BCUT2D eigenvalue weighted by Gasteiger charge is -2.08. The highest BCUT2D eigenvalue weighted by molar-refractivity contribution is 8.00. The van der Waals surface area contributed by atoms with Gasteiger partial charge in [-0.25, -0.2) is 14.8 Å². The zero-order valence-electron chi connectivity index (χ0n) is 17.4. The molecule has 0 saturated heterocycles. The third kappa shape index (κ3) is 5.15. The zero-order chi connectivity index (χ0) is 22.3. The second-order valence-electron chi connectivity index (χ2n) is 6.92. The van der Waals surface area contributed by atoms with Gasteiger partial charge >= 0.3 is 5.97 Å². The summed E-state index contributed by atoms with van der Waals surface area (Å²) >= 11 is 2.94. The smallest absolute Gasteiger partial charge is 0.338 e. The number of benzene rings is 2. The minimum Gasteiger partial charge on any atom is -0.462 e. The van der Waals surface area contributed by atoms with E-state index >= 15 is 0 Å². The minimum atomic E-state index is -0.363. The SMILES string of the molecule is CCCOC(=O)c1ccc(NC(=O)CSc2ncnc3scc(-c4ccccc4)c23)cc1. The van der Waals surface area contributed by atoms with Crippen LogP contribution in [0.2, 0.25) is 0 Å². The number of aromatic nitrogens is 2.